The van der Waals surface area contributed by atoms with Crippen LogP contribution in [0.1, 0.15) is 17.0 Å². The normalized spacial score (nSPS) is 16.4. The van der Waals surface area contributed by atoms with Crippen molar-refractivity contribution in [3.05, 3.63) is 55.8 Å². The van der Waals surface area contributed by atoms with Crippen molar-refractivity contribution in [1.29, 1.82) is 0 Å². The molecule has 1 aromatic heterocycles. The molecule has 1 saturated heterocycles. The number of thioether (sulfide) groups is 1. The van der Waals surface area contributed by atoms with Crippen LogP contribution >= 0.6 is 34.4 Å². The summed E-state index contributed by atoms with van der Waals surface area (Å²) in [5.41, 5.74) is 4.15. The highest BCUT2D eigenvalue weighted by atomic mass is 127. The SMILES string of the molecule is Cc1cc(/C=C2/SC(=O)NC2=O)c(C)n1-c1ccc(I)cc1. The Hall–Kier alpha value is -1.54. The second-order valence-corrected chi connectivity index (χ2v) is 7.25. The van der Waals surface area contributed by atoms with E-state index in [1.807, 2.05) is 19.9 Å². The van der Waals surface area contributed by atoms with E-state index in [0.29, 0.717) is 4.91 Å². The number of benzene rings is 1. The van der Waals surface area contributed by atoms with Gasteiger partial charge in [0.15, 0.2) is 0 Å². The summed E-state index contributed by atoms with van der Waals surface area (Å²) in [5.74, 6) is -0.325. The Morgan fingerprint density at radius 2 is 1.86 bits per heavy atom. The number of hydrogen-bond donors (Lipinski definition) is 1. The van der Waals surface area contributed by atoms with Crippen LogP contribution in [-0.4, -0.2) is 15.7 Å². The zero-order valence-corrected chi connectivity index (χ0v) is 15.0. The molecular weight excluding hydrogens is 411 g/mol. The van der Waals surface area contributed by atoms with Crippen LogP contribution in [0.5, 0.6) is 0 Å². The van der Waals surface area contributed by atoms with Crippen LogP contribution in [0.4, 0.5) is 4.79 Å². The first-order valence-corrected chi connectivity index (χ1v) is 8.55. The van der Waals surface area contributed by atoms with Gasteiger partial charge in [0.2, 0.25) is 0 Å². The Bertz CT molecular complexity index is 806. The Balaban J connectivity index is 2.04. The van der Waals surface area contributed by atoms with Gasteiger partial charge in [0.1, 0.15) is 0 Å². The van der Waals surface area contributed by atoms with Crippen molar-refractivity contribution >= 4 is 51.6 Å². The van der Waals surface area contributed by atoms with E-state index < -0.39 is 0 Å². The first kappa shape index (κ1) is 15.4. The van der Waals surface area contributed by atoms with Crippen LogP contribution in [0, 0.1) is 17.4 Å². The number of imide groups is 1. The smallest absolute Gasteiger partial charge is 0.290 e. The molecule has 2 amide bonds. The summed E-state index contributed by atoms with van der Waals surface area (Å²) in [4.78, 5) is 23.4. The molecular formula is C16H13IN2O2S. The van der Waals surface area contributed by atoms with Crippen LogP contribution in [0.15, 0.2) is 35.2 Å². The minimum absolute atomic E-state index is 0.317. The van der Waals surface area contributed by atoms with Crippen molar-refractivity contribution in [2.45, 2.75) is 13.8 Å². The van der Waals surface area contributed by atoms with Gasteiger partial charge in [-0.2, -0.15) is 0 Å². The molecule has 0 saturated carbocycles. The average Bonchev–Trinajstić information content (AvgIpc) is 2.92. The van der Waals surface area contributed by atoms with Crippen molar-refractivity contribution in [2.75, 3.05) is 0 Å². The Labute approximate surface area is 146 Å². The number of rotatable bonds is 2. The Kier molecular flexibility index (Phi) is 4.14. The van der Waals surface area contributed by atoms with Crippen molar-refractivity contribution in [3.63, 3.8) is 0 Å². The van der Waals surface area contributed by atoms with Gasteiger partial charge >= 0.3 is 0 Å². The van der Waals surface area contributed by atoms with E-state index in [0.717, 1.165) is 34.4 Å². The molecule has 6 heteroatoms. The molecule has 0 atom stereocenters. The molecule has 0 bridgehead atoms. The van der Waals surface area contributed by atoms with Gasteiger partial charge in [0.05, 0.1) is 4.91 Å². The lowest BCUT2D eigenvalue weighted by Gasteiger charge is -2.09. The van der Waals surface area contributed by atoms with Gasteiger partial charge < -0.3 is 4.57 Å². The molecule has 0 unspecified atom stereocenters. The third kappa shape index (κ3) is 2.85. The van der Waals surface area contributed by atoms with Crippen molar-refractivity contribution in [1.82, 2.24) is 9.88 Å². The minimum atomic E-state index is -0.325. The van der Waals surface area contributed by atoms with Crippen molar-refractivity contribution in [2.24, 2.45) is 0 Å². The second-order valence-electron chi connectivity index (χ2n) is 4.99. The van der Waals surface area contributed by atoms with Crippen molar-refractivity contribution < 1.29 is 9.59 Å². The highest BCUT2D eigenvalue weighted by molar-refractivity contribution is 14.1. The summed E-state index contributed by atoms with van der Waals surface area (Å²) in [5, 5.41) is 1.96. The van der Waals surface area contributed by atoms with Gasteiger partial charge in [0, 0.05) is 20.6 Å². The molecule has 1 N–H and O–H groups in total. The number of aryl methyl sites for hydroxylation is 1. The van der Waals surface area contributed by atoms with Crippen molar-refractivity contribution in [3.8, 4) is 5.69 Å². The first-order chi connectivity index (χ1) is 10.5. The number of carbonyl (C=O) groups excluding carboxylic acids is 2. The zero-order valence-electron chi connectivity index (χ0n) is 12.0. The van der Waals surface area contributed by atoms with Crippen LogP contribution in [0.3, 0.4) is 0 Å². The zero-order chi connectivity index (χ0) is 15.9. The lowest BCUT2D eigenvalue weighted by atomic mass is 10.2. The van der Waals surface area contributed by atoms with E-state index in [4.69, 9.17) is 0 Å². The third-order valence-electron chi connectivity index (χ3n) is 3.48. The molecule has 2 aromatic rings. The molecule has 112 valence electrons. The highest BCUT2D eigenvalue weighted by Crippen LogP contribution is 2.29. The molecule has 3 rings (SSSR count). The fourth-order valence-corrected chi connectivity index (χ4v) is 3.52. The summed E-state index contributed by atoms with van der Waals surface area (Å²) >= 11 is 3.22. The predicted molar refractivity (Wildman–Crippen MR) is 97.1 cm³/mol. The first-order valence-electron chi connectivity index (χ1n) is 6.65. The van der Waals surface area contributed by atoms with Crippen LogP contribution < -0.4 is 5.32 Å². The maximum absolute atomic E-state index is 11.7. The molecule has 2 heterocycles. The van der Waals surface area contributed by atoms with Gasteiger partial charge in [-0.25, -0.2) is 0 Å². The van der Waals surface area contributed by atoms with Gasteiger partial charge in [0.25, 0.3) is 11.1 Å². The van der Waals surface area contributed by atoms with Crippen LogP contribution in [0.2, 0.25) is 0 Å². The summed E-state index contributed by atoms with van der Waals surface area (Å²) < 4.78 is 3.32. The summed E-state index contributed by atoms with van der Waals surface area (Å²) in [6, 6.07) is 10.3. The molecule has 1 aliphatic heterocycles. The lowest BCUT2D eigenvalue weighted by Crippen LogP contribution is -2.17. The molecule has 1 fully saturated rings. The monoisotopic (exact) mass is 424 g/mol. The van der Waals surface area contributed by atoms with Gasteiger partial charge in [-0.05, 0) is 90.2 Å². The second kappa shape index (κ2) is 5.92. The topological polar surface area (TPSA) is 51.1 Å². The number of carbonyl (C=O) groups is 2. The summed E-state index contributed by atoms with van der Waals surface area (Å²) in [6.07, 6.45) is 1.77. The maximum Gasteiger partial charge on any atom is 0.290 e. The van der Waals surface area contributed by atoms with Gasteiger partial charge in [-0.15, -0.1) is 0 Å². The number of aromatic nitrogens is 1. The van der Waals surface area contributed by atoms with E-state index in [1.54, 1.807) is 6.08 Å². The highest BCUT2D eigenvalue weighted by Gasteiger charge is 2.25. The van der Waals surface area contributed by atoms with E-state index >= 15 is 0 Å². The summed E-state index contributed by atoms with van der Waals surface area (Å²) in [6.45, 7) is 4.04. The quantitative estimate of drug-likeness (QED) is 0.586. The van der Waals surface area contributed by atoms with Gasteiger partial charge in [-0.3, -0.25) is 14.9 Å². The van der Waals surface area contributed by atoms with Crippen LogP contribution in [-0.2, 0) is 4.79 Å². The standard InChI is InChI=1S/C16H13IN2O2S/c1-9-7-11(8-14-15(20)18-16(21)22-14)10(2)19(9)13-5-3-12(17)4-6-13/h3-8H,1-2H3,(H,18,20,21)/b14-8+. The number of nitrogens with one attached hydrogen (secondary N) is 1. The van der Waals surface area contributed by atoms with Crippen LogP contribution in [0.25, 0.3) is 11.8 Å². The molecule has 1 aromatic carbocycles. The number of hydrogen-bond acceptors (Lipinski definition) is 3. The van der Waals surface area contributed by atoms with Gasteiger partial charge in [-0.1, -0.05) is 0 Å². The number of nitrogens with zero attached hydrogens (tertiary/aromatic N) is 1. The third-order valence-corrected chi connectivity index (χ3v) is 5.01. The lowest BCUT2D eigenvalue weighted by molar-refractivity contribution is -0.115. The fraction of sp³-hybridized carbons (Fsp3) is 0.125. The number of halogens is 1. The maximum atomic E-state index is 11.7. The van der Waals surface area contributed by atoms with E-state index in [-0.39, 0.29) is 11.1 Å². The molecule has 0 spiro atoms. The number of amides is 2. The molecule has 1 aliphatic rings. The van der Waals surface area contributed by atoms with E-state index in [9.17, 15) is 9.59 Å². The van der Waals surface area contributed by atoms with E-state index in [2.05, 4.69) is 56.7 Å². The fourth-order valence-electron chi connectivity index (χ4n) is 2.48. The Morgan fingerprint density at radius 3 is 2.45 bits per heavy atom. The largest absolute Gasteiger partial charge is 0.318 e. The Morgan fingerprint density at radius 1 is 1.18 bits per heavy atom. The van der Waals surface area contributed by atoms with E-state index in [1.165, 1.54) is 3.57 Å². The molecule has 22 heavy (non-hydrogen) atoms. The molecule has 4 nitrogen and oxygen atoms in total. The summed E-state index contributed by atoms with van der Waals surface area (Å²) in [7, 11) is 0. The molecule has 0 radical (unpaired) electrons. The predicted octanol–water partition coefficient (Wildman–Crippen LogP) is 4.02. The molecule has 0 aliphatic carbocycles. The minimum Gasteiger partial charge on any atom is -0.318 e. The average molecular weight is 424 g/mol.